The Bertz CT molecular complexity index is 945. The lowest BCUT2D eigenvalue weighted by Crippen LogP contribution is -2.23. The Balaban J connectivity index is 1.87. The van der Waals surface area contributed by atoms with E-state index in [9.17, 15) is 19.7 Å². The quantitative estimate of drug-likeness (QED) is 0.650. The average Bonchev–Trinajstić information content (AvgIpc) is 2.53. The molecule has 0 spiro atoms. The van der Waals surface area contributed by atoms with Crippen LogP contribution in [0.4, 0.5) is 11.6 Å². The third-order valence-corrected chi connectivity index (χ3v) is 4.45. The molecule has 0 bridgehead atoms. The van der Waals surface area contributed by atoms with Gasteiger partial charge < -0.3 is 0 Å². The van der Waals surface area contributed by atoms with Crippen molar-refractivity contribution in [3.05, 3.63) is 55.9 Å². The summed E-state index contributed by atoms with van der Waals surface area (Å²) in [5, 5.41) is 13.2. The van der Waals surface area contributed by atoms with Gasteiger partial charge in [0.15, 0.2) is 5.78 Å². The summed E-state index contributed by atoms with van der Waals surface area (Å²) in [4.78, 5) is 43.2. The van der Waals surface area contributed by atoms with Gasteiger partial charge in [0.2, 0.25) is 5.95 Å². The summed E-state index contributed by atoms with van der Waals surface area (Å²) in [6.07, 6.45) is 1.10. The van der Waals surface area contributed by atoms with Crippen molar-refractivity contribution in [2.24, 2.45) is 5.92 Å². The summed E-state index contributed by atoms with van der Waals surface area (Å²) >= 11 is 5.83. The zero-order chi connectivity index (χ0) is 19.0. The van der Waals surface area contributed by atoms with Crippen LogP contribution in [-0.4, -0.2) is 26.6 Å². The number of carbonyl (C=O) groups excluding carboxylic acids is 2. The molecule has 1 N–H and O–H groups in total. The van der Waals surface area contributed by atoms with Crippen LogP contribution in [0, 0.1) is 23.0 Å². The summed E-state index contributed by atoms with van der Waals surface area (Å²) < 4.78 is 0. The van der Waals surface area contributed by atoms with Crippen LogP contribution in [0.5, 0.6) is 0 Å². The van der Waals surface area contributed by atoms with Crippen LogP contribution in [0.1, 0.15) is 45.4 Å². The number of carbonyl (C=O) groups is 2. The number of nitrogens with one attached hydrogen (secondary N) is 1. The molecule has 1 atom stereocenters. The number of hydrogen-bond acceptors (Lipinski definition) is 6. The summed E-state index contributed by atoms with van der Waals surface area (Å²) in [6, 6.07) is 3.68. The number of nitrogens with zero attached hydrogens (tertiary/aromatic N) is 3. The molecule has 3 rings (SSSR count). The number of anilines is 1. The third-order valence-electron chi connectivity index (χ3n) is 4.15. The summed E-state index contributed by atoms with van der Waals surface area (Å²) in [5.74, 6) is -0.267. The Hall–Kier alpha value is -2.87. The second kappa shape index (κ2) is 6.80. The van der Waals surface area contributed by atoms with Crippen LogP contribution >= 0.6 is 11.6 Å². The van der Waals surface area contributed by atoms with Crippen LogP contribution in [0.2, 0.25) is 5.02 Å². The van der Waals surface area contributed by atoms with Gasteiger partial charge in [0, 0.05) is 18.1 Å². The van der Waals surface area contributed by atoms with Crippen molar-refractivity contribution >= 4 is 34.9 Å². The van der Waals surface area contributed by atoms with Gasteiger partial charge in [-0.25, -0.2) is 9.97 Å². The number of Topliss-reactive ketones (excluding diaryl/α,β-unsaturated/α-hetero) is 1. The summed E-state index contributed by atoms with van der Waals surface area (Å²) in [6.45, 7) is 3.67. The van der Waals surface area contributed by atoms with Gasteiger partial charge in [-0.3, -0.25) is 25.0 Å². The van der Waals surface area contributed by atoms with E-state index in [1.54, 1.807) is 6.92 Å². The highest BCUT2D eigenvalue weighted by atomic mass is 35.5. The molecule has 1 aromatic carbocycles. The summed E-state index contributed by atoms with van der Waals surface area (Å²) in [5.41, 5.74) is 1.53. The fourth-order valence-electron chi connectivity index (χ4n) is 2.99. The Morgan fingerprint density at radius 2 is 2.08 bits per heavy atom. The fraction of sp³-hybridized carbons (Fsp3) is 0.294. The van der Waals surface area contributed by atoms with Crippen LogP contribution in [0.3, 0.4) is 0 Å². The molecule has 0 radical (unpaired) electrons. The lowest BCUT2D eigenvalue weighted by molar-refractivity contribution is -0.384. The molecule has 8 nitrogen and oxygen atoms in total. The molecular formula is C17H15ClN4O4. The minimum Gasteiger partial charge on any atom is -0.294 e. The molecule has 26 heavy (non-hydrogen) atoms. The van der Waals surface area contributed by atoms with E-state index in [0.29, 0.717) is 29.8 Å². The number of hydrogen-bond donors (Lipinski definition) is 1. The first-order chi connectivity index (χ1) is 12.3. The fourth-order valence-corrected chi connectivity index (χ4v) is 3.24. The van der Waals surface area contributed by atoms with E-state index < -0.39 is 10.8 Å². The number of nitro benzene ring substituents is 1. The summed E-state index contributed by atoms with van der Waals surface area (Å²) in [7, 11) is 0. The second-order valence-electron chi connectivity index (χ2n) is 6.27. The van der Waals surface area contributed by atoms with E-state index in [4.69, 9.17) is 11.6 Å². The number of aromatic nitrogens is 2. The lowest BCUT2D eigenvalue weighted by Gasteiger charge is -2.21. The molecular weight excluding hydrogens is 360 g/mol. The Morgan fingerprint density at radius 1 is 1.35 bits per heavy atom. The van der Waals surface area contributed by atoms with Crippen molar-refractivity contribution in [2.45, 2.75) is 26.7 Å². The Morgan fingerprint density at radius 3 is 2.73 bits per heavy atom. The van der Waals surface area contributed by atoms with Gasteiger partial charge in [-0.2, -0.15) is 0 Å². The highest BCUT2D eigenvalue weighted by Gasteiger charge is 2.27. The Kier molecular flexibility index (Phi) is 4.69. The van der Waals surface area contributed by atoms with Gasteiger partial charge in [-0.05, 0) is 31.4 Å². The zero-order valence-corrected chi connectivity index (χ0v) is 14.8. The minimum atomic E-state index is -0.627. The predicted octanol–water partition coefficient (Wildman–Crippen LogP) is 3.36. The maximum Gasteiger partial charge on any atom is 0.287 e. The molecule has 134 valence electrons. The van der Waals surface area contributed by atoms with E-state index in [0.717, 1.165) is 6.07 Å². The number of halogens is 1. The second-order valence-corrected chi connectivity index (χ2v) is 6.68. The first-order valence-electron chi connectivity index (χ1n) is 7.92. The largest absolute Gasteiger partial charge is 0.294 e. The number of benzene rings is 1. The smallest absolute Gasteiger partial charge is 0.287 e. The number of fused-ring (bicyclic) bond motifs is 1. The van der Waals surface area contributed by atoms with Crippen molar-refractivity contribution in [2.75, 3.05) is 5.32 Å². The van der Waals surface area contributed by atoms with Crippen LogP contribution in [0.25, 0.3) is 0 Å². The predicted molar refractivity (Wildman–Crippen MR) is 94.6 cm³/mol. The maximum absolute atomic E-state index is 12.4. The molecule has 0 unspecified atom stereocenters. The topological polar surface area (TPSA) is 115 Å². The van der Waals surface area contributed by atoms with E-state index in [-0.39, 0.29) is 33.9 Å². The molecule has 1 heterocycles. The molecule has 9 heteroatoms. The first kappa shape index (κ1) is 17.9. The van der Waals surface area contributed by atoms with E-state index in [1.807, 2.05) is 6.92 Å². The van der Waals surface area contributed by atoms with E-state index in [2.05, 4.69) is 15.3 Å². The van der Waals surface area contributed by atoms with Gasteiger partial charge >= 0.3 is 0 Å². The van der Waals surface area contributed by atoms with Gasteiger partial charge in [0.05, 0.1) is 21.9 Å². The zero-order valence-electron chi connectivity index (χ0n) is 14.1. The Labute approximate surface area is 153 Å². The van der Waals surface area contributed by atoms with Gasteiger partial charge in [-0.15, -0.1) is 0 Å². The van der Waals surface area contributed by atoms with Gasteiger partial charge in [-0.1, -0.05) is 18.5 Å². The van der Waals surface area contributed by atoms with Crippen molar-refractivity contribution in [3.8, 4) is 0 Å². The van der Waals surface area contributed by atoms with Crippen LogP contribution in [0.15, 0.2) is 18.2 Å². The van der Waals surface area contributed by atoms with Crippen molar-refractivity contribution < 1.29 is 14.5 Å². The monoisotopic (exact) mass is 374 g/mol. The molecule has 0 aliphatic heterocycles. The number of aryl methyl sites for hydroxylation is 1. The molecule has 1 aliphatic carbocycles. The standard InChI is InChI=1S/C17H15ClN4O4/c1-8-5-12-15(14(23)6-8)9(2)19-17(20-12)21-16(24)10-3-4-13(22(25)26)11(18)7-10/h3-4,7-8H,5-6H2,1-2H3,(H,19,20,21,24)/t8-/m1/s1. The molecule has 1 aromatic heterocycles. The molecule has 1 aliphatic rings. The molecule has 0 saturated heterocycles. The normalized spacial score (nSPS) is 16.1. The highest BCUT2D eigenvalue weighted by molar-refractivity contribution is 6.33. The average molecular weight is 375 g/mol. The number of nitro groups is 1. The molecule has 2 aromatic rings. The van der Waals surface area contributed by atoms with Crippen molar-refractivity contribution in [1.29, 1.82) is 0 Å². The van der Waals surface area contributed by atoms with Crippen molar-refractivity contribution in [3.63, 3.8) is 0 Å². The first-order valence-corrected chi connectivity index (χ1v) is 8.30. The van der Waals surface area contributed by atoms with Crippen LogP contribution < -0.4 is 5.32 Å². The minimum absolute atomic E-state index is 0.0104. The number of amides is 1. The number of ketones is 1. The molecule has 0 saturated carbocycles. The maximum atomic E-state index is 12.4. The van der Waals surface area contributed by atoms with E-state index >= 15 is 0 Å². The number of rotatable bonds is 3. The van der Waals surface area contributed by atoms with Gasteiger partial charge in [0.1, 0.15) is 5.02 Å². The van der Waals surface area contributed by atoms with Crippen LogP contribution in [-0.2, 0) is 6.42 Å². The third kappa shape index (κ3) is 3.41. The SMILES string of the molecule is Cc1nc(NC(=O)c2ccc([N+](=O)[O-])c(Cl)c2)nc2c1C(=O)C[C@H](C)C2. The van der Waals surface area contributed by atoms with Gasteiger partial charge in [0.25, 0.3) is 11.6 Å². The van der Waals surface area contributed by atoms with E-state index in [1.165, 1.54) is 12.1 Å². The van der Waals surface area contributed by atoms with Crippen molar-refractivity contribution in [1.82, 2.24) is 9.97 Å². The molecule has 1 amide bonds. The highest BCUT2D eigenvalue weighted by Crippen LogP contribution is 2.27. The molecule has 0 fully saturated rings. The lowest BCUT2D eigenvalue weighted by atomic mass is 9.86.